The smallest absolute Gasteiger partial charge is 0.151 e. The highest BCUT2D eigenvalue weighted by atomic mass is 16.5. The molecule has 3 aliphatic heterocycles. The molecule has 1 aromatic rings. The molecule has 3 N–H and O–H groups in total. The number of nitrogens with one attached hydrogen (secondary N) is 3. The Bertz CT molecular complexity index is 481. The number of aromatic nitrogens is 1. The molecule has 5 heteroatoms. The number of hydrogen-bond donors (Lipinski definition) is 3. The minimum absolute atomic E-state index is 0.280. The Hall–Kier alpha value is -1.33. The second kappa shape index (κ2) is 5.22. The summed E-state index contributed by atoms with van der Waals surface area (Å²) in [6.45, 7) is 3.97. The van der Waals surface area contributed by atoms with Crippen LogP contribution in [0.3, 0.4) is 0 Å². The fourth-order valence-corrected chi connectivity index (χ4v) is 3.60. The van der Waals surface area contributed by atoms with Gasteiger partial charge in [0.25, 0.3) is 0 Å². The van der Waals surface area contributed by atoms with E-state index < -0.39 is 0 Å². The van der Waals surface area contributed by atoms with E-state index in [1.165, 1.54) is 24.1 Å². The molecule has 20 heavy (non-hydrogen) atoms. The van der Waals surface area contributed by atoms with Crippen molar-refractivity contribution < 1.29 is 4.74 Å². The lowest BCUT2D eigenvalue weighted by atomic mass is 9.89. The molecule has 1 aromatic heterocycles. The lowest BCUT2D eigenvalue weighted by molar-refractivity contribution is 0.184. The van der Waals surface area contributed by atoms with Gasteiger partial charge in [0.2, 0.25) is 0 Å². The Morgan fingerprint density at radius 1 is 1.15 bits per heavy atom. The zero-order valence-corrected chi connectivity index (χ0v) is 11.7. The predicted octanol–water partition coefficient (Wildman–Crippen LogP) is 1.75. The molecule has 2 fully saturated rings. The van der Waals surface area contributed by atoms with Crippen LogP contribution in [0.25, 0.3) is 0 Å². The molecule has 0 radical (unpaired) electrons. The van der Waals surface area contributed by atoms with Crippen LogP contribution in [0.1, 0.15) is 30.7 Å². The standard InChI is InChI=1S/C15H22N4O/c1-5-16-6-2-10(1)12-3-7-17-15-13(12)18-14(19-15)11-4-8-20-9-11/h3,7,10-11,14,16,18H,1-2,4-6,8-9H2,(H,17,19). The number of pyridine rings is 1. The number of piperidine rings is 1. The van der Waals surface area contributed by atoms with Crippen LogP contribution in [0, 0.1) is 5.92 Å². The zero-order chi connectivity index (χ0) is 13.4. The molecular weight excluding hydrogens is 252 g/mol. The van der Waals surface area contributed by atoms with Crippen molar-refractivity contribution >= 4 is 11.5 Å². The maximum Gasteiger partial charge on any atom is 0.151 e. The molecule has 0 bridgehead atoms. The Morgan fingerprint density at radius 2 is 2.05 bits per heavy atom. The van der Waals surface area contributed by atoms with E-state index in [0.29, 0.717) is 11.8 Å². The summed E-state index contributed by atoms with van der Waals surface area (Å²) in [7, 11) is 0. The van der Waals surface area contributed by atoms with Gasteiger partial charge >= 0.3 is 0 Å². The summed E-state index contributed by atoms with van der Waals surface area (Å²) in [6.07, 6.45) is 5.78. The largest absolute Gasteiger partial charge is 0.381 e. The average molecular weight is 274 g/mol. The highest BCUT2D eigenvalue weighted by Gasteiger charge is 2.33. The molecule has 0 spiro atoms. The summed E-state index contributed by atoms with van der Waals surface area (Å²) in [5.41, 5.74) is 2.67. The molecule has 4 heterocycles. The number of nitrogens with zero attached hydrogens (tertiary/aromatic N) is 1. The van der Waals surface area contributed by atoms with E-state index in [2.05, 4.69) is 27.0 Å². The second-order valence-corrected chi connectivity index (χ2v) is 6.04. The van der Waals surface area contributed by atoms with Gasteiger partial charge < -0.3 is 20.7 Å². The van der Waals surface area contributed by atoms with E-state index in [9.17, 15) is 0 Å². The lowest BCUT2D eigenvalue weighted by Gasteiger charge is -2.25. The molecular formula is C15H22N4O. The van der Waals surface area contributed by atoms with Gasteiger partial charge in [0, 0.05) is 18.7 Å². The molecule has 3 aliphatic rings. The Kier molecular flexibility index (Phi) is 3.24. The van der Waals surface area contributed by atoms with Crippen molar-refractivity contribution in [1.82, 2.24) is 10.3 Å². The van der Waals surface area contributed by atoms with E-state index in [1.54, 1.807) is 0 Å². The molecule has 5 nitrogen and oxygen atoms in total. The second-order valence-electron chi connectivity index (χ2n) is 6.04. The van der Waals surface area contributed by atoms with Crippen molar-refractivity contribution in [3.05, 3.63) is 17.8 Å². The SMILES string of the molecule is c1cc(C2CCNCC2)c2c(n1)NC(C1CCOC1)N2. The van der Waals surface area contributed by atoms with Gasteiger partial charge in [-0.25, -0.2) is 4.98 Å². The summed E-state index contributed by atoms with van der Waals surface area (Å²) in [5.74, 6) is 2.23. The third kappa shape index (κ3) is 2.15. The van der Waals surface area contributed by atoms with Gasteiger partial charge in [-0.2, -0.15) is 0 Å². The van der Waals surface area contributed by atoms with Gasteiger partial charge in [-0.3, -0.25) is 0 Å². The van der Waals surface area contributed by atoms with Crippen molar-refractivity contribution in [2.75, 3.05) is 36.9 Å². The van der Waals surface area contributed by atoms with Crippen LogP contribution in [0.2, 0.25) is 0 Å². The Morgan fingerprint density at radius 3 is 2.85 bits per heavy atom. The first-order valence-electron chi connectivity index (χ1n) is 7.72. The normalized spacial score (nSPS) is 29.8. The monoisotopic (exact) mass is 274 g/mol. The van der Waals surface area contributed by atoms with E-state index >= 15 is 0 Å². The first-order chi connectivity index (χ1) is 9.92. The van der Waals surface area contributed by atoms with Gasteiger partial charge in [-0.05, 0) is 49.9 Å². The van der Waals surface area contributed by atoms with E-state index in [0.717, 1.165) is 38.5 Å². The van der Waals surface area contributed by atoms with Crippen molar-refractivity contribution in [1.29, 1.82) is 0 Å². The van der Waals surface area contributed by atoms with E-state index in [4.69, 9.17) is 4.74 Å². The molecule has 0 amide bonds. The van der Waals surface area contributed by atoms with Crippen molar-refractivity contribution in [3.63, 3.8) is 0 Å². The number of ether oxygens (including phenoxy) is 1. The van der Waals surface area contributed by atoms with Gasteiger partial charge in [-0.15, -0.1) is 0 Å². The van der Waals surface area contributed by atoms with Gasteiger partial charge in [-0.1, -0.05) is 0 Å². The van der Waals surface area contributed by atoms with Crippen LogP contribution >= 0.6 is 0 Å². The summed E-state index contributed by atoms with van der Waals surface area (Å²) in [6, 6.07) is 2.19. The fourth-order valence-electron chi connectivity index (χ4n) is 3.60. The maximum atomic E-state index is 5.51. The third-order valence-corrected chi connectivity index (χ3v) is 4.79. The Balaban J connectivity index is 1.57. The van der Waals surface area contributed by atoms with Crippen molar-refractivity contribution in [2.45, 2.75) is 31.3 Å². The van der Waals surface area contributed by atoms with E-state index in [-0.39, 0.29) is 6.17 Å². The van der Waals surface area contributed by atoms with Crippen LogP contribution in [0.15, 0.2) is 12.3 Å². The van der Waals surface area contributed by atoms with Crippen molar-refractivity contribution in [2.24, 2.45) is 5.92 Å². The summed E-state index contributed by atoms with van der Waals surface area (Å²) < 4.78 is 5.51. The number of anilines is 2. The highest BCUT2D eigenvalue weighted by Crippen LogP contribution is 2.39. The van der Waals surface area contributed by atoms with Crippen LogP contribution < -0.4 is 16.0 Å². The molecule has 108 valence electrons. The van der Waals surface area contributed by atoms with Crippen LogP contribution in [-0.4, -0.2) is 37.5 Å². The number of rotatable bonds is 2. The minimum atomic E-state index is 0.280. The number of fused-ring (bicyclic) bond motifs is 1. The van der Waals surface area contributed by atoms with Gasteiger partial charge in [0.1, 0.15) is 6.17 Å². The topological polar surface area (TPSA) is 58.2 Å². The van der Waals surface area contributed by atoms with Gasteiger partial charge in [0.15, 0.2) is 5.82 Å². The number of hydrogen-bond acceptors (Lipinski definition) is 5. The molecule has 0 aliphatic carbocycles. The lowest BCUT2D eigenvalue weighted by Crippen LogP contribution is -2.32. The Labute approximate surface area is 119 Å². The van der Waals surface area contributed by atoms with Crippen LogP contribution in [0.5, 0.6) is 0 Å². The summed E-state index contributed by atoms with van der Waals surface area (Å²) in [5, 5.41) is 10.6. The van der Waals surface area contributed by atoms with Crippen molar-refractivity contribution in [3.8, 4) is 0 Å². The zero-order valence-electron chi connectivity index (χ0n) is 11.7. The first kappa shape index (κ1) is 12.4. The molecule has 0 aromatic carbocycles. The average Bonchev–Trinajstić information content (AvgIpc) is 3.16. The molecule has 2 unspecified atom stereocenters. The molecule has 4 rings (SSSR count). The quantitative estimate of drug-likeness (QED) is 0.767. The van der Waals surface area contributed by atoms with Crippen LogP contribution in [-0.2, 0) is 4.74 Å². The molecule has 0 saturated carbocycles. The minimum Gasteiger partial charge on any atom is -0.381 e. The maximum absolute atomic E-state index is 5.51. The molecule has 2 saturated heterocycles. The third-order valence-electron chi connectivity index (χ3n) is 4.79. The fraction of sp³-hybridized carbons (Fsp3) is 0.667. The highest BCUT2D eigenvalue weighted by molar-refractivity contribution is 5.74. The van der Waals surface area contributed by atoms with Crippen LogP contribution in [0.4, 0.5) is 11.5 Å². The molecule has 2 atom stereocenters. The predicted molar refractivity (Wildman–Crippen MR) is 79.0 cm³/mol. The van der Waals surface area contributed by atoms with Gasteiger partial charge in [0.05, 0.1) is 12.3 Å². The summed E-state index contributed by atoms with van der Waals surface area (Å²) in [4.78, 5) is 4.51. The van der Waals surface area contributed by atoms with E-state index in [1.807, 2.05) is 6.20 Å². The first-order valence-corrected chi connectivity index (χ1v) is 7.72. The summed E-state index contributed by atoms with van der Waals surface area (Å²) >= 11 is 0.